The highest BCUT2D eigenvalue weighted by Crippen LogP contribution is 2.42. The summed E-state index contributed by atoms with van der Waals surface area (Å²) in [5, 5.41) is 0.665. The summed E-state index contributed by atoms with van der Waals surface area (Å²) in [6.07, 6.45) is 0. The van der Waals surface area contributed by atoms with Crippen LogP contribution in [-0.4, -0.2) is 30.1 Å². The molecular formula is C16H9Cl3NO4+. The summed E-state index contributed by atoms with van der Waals surface area (Å²) in [7, 11) is 1.46. The van der Waals surface area contributed by atoms with Gasteiger partial charge in [0.2, 0.25) is 6.79 Å². The van der Waals surface area contributed by atoms with E-state index < -0.39 is 0 Å². The highest BCUT2D eigenvalue weighted by Gasteiger charge is 2.44. The van der Waals surface area contributed by atoms with Crippen molar-refractivity contribution in [1.29, 1.82) is 0 Å². The van der Waals surface area contributed by atoms with E-state index in [2.05, 4.69) is 0 Å². The molecule has 0 fully saturated rings. The highest BCUT2D eigenvalue weighted by molar-refractivity contribution is 6.56. The third-order valence-electron chi connectivity index (χ3n) is 3.85. The molecule has 2 heterocycles. The van der Waals surface area contributed by atoms with Crippen molar-refractivity contribution >= 4 is 52.0 Å². The van der Waals surface area contributed by atoms with E-state index in [1.54, 1.807) is 24.3 Å². The van der Waals surface area contributed by atoms with Crippen molar-refractivity contribution in [1.82, 2.24) is 0 Å². The molecule has 2 aromatic carbocycles. The average molecular weight is 386 g/mol. The third-order valence-corrected chi connectivity index (χ3v) is 5.14. The van der Waals surface area contributed by atoms with E-state index in [4.69, 9.17) is 49.1 Å². The van der Waals surface area contributed by atoms with Crippen LogP contribution in [0.2, 0.25) is 15.1 Å². The molecule has 0 saturated heterocycles. The summed E-state index contributed by atoms with van der Waals surface area (Å²) in [5.41, 5.74) is 1.65. The highest BCUT2D eigenvalue weighted by atomic mass is 35.5. The molecule has 24 heavy (non-hydrogen) atoms. The SMILES string of the molecule is CO[N+]1=C(c2ccc(Cl)c(Cl)c2Cl)C(=O)c2cc3c(cc21)OCO3. The summed E-state index contributed by atoms with van der Waals surface area (Å²) < 4.78 is 12.1. The molecule has 122 valence electrons. The van der Waals surface area contributed by atoms with Crippen LogP contribution in [-0.2, 0) is 4.84 Å². The van der Waals surface area contributed by atoms with E-state index in [9.17, 15) is 4.79 Å². The lowest BCUT2D eigenvalue weighted by Gasteiger charge is -2.04. The van der Waals surface area contributed by atoms with Gasteiger partial charge >= 0.3 is 5.71 Å². The van der Waals surface area contributed by atoms with Crippen LogP contribution >= 0.6 is 34.8 Å². The van der Waals surface area contributed by atoms with E-state index in [-0.39, 0.29) is 28.3 Å². The lowest BCUT2D eigenvalue weighted by Crippen LogP contribution is -2.19. The number of carbonyl (C=O) groups is 1. The second-order valence-corrected chi connectivity index (χ2v) is 6.26. The van der Waals surface area contributed by atoms with Crippen molar-refractivity contribution in [2.75, 3.05) is 13.9 Å². The maximum atomic E-state index is 12.9. The first-order valence-electron chi connectivity index (χ1n) is 6.86. The Morgan fingerprint density at radius 1 is 1.04 bits per heavy atom. The average Bonchev–Trinajstić information content (AvgIpc) is 3.14. The first kappa shape index (κ1) is 15.6. The van der Waals surface area contributed by atoms with E-state index in [1.165, 1.54) is 11.8 Å². The zero-order valence-corrected chi connectivity index (χ0v) is 14.5. The van der Waals surface area contributed by atoms with Crippen molar-refractivity contribution in [3.8, 4) is 11.5 Å². The second-order valence-electron chi connectivity index (χ2n) is 5.10. The molecule has 0 aromatic heterocycles. The predicted molar refractivity (Wildman–Crippen MR) is 89.4 cm³/mol. The molecule has 2 aliphatic heterocycles. The zero-order chi connectivity index (χ0) is 17.0. The minimum atomic E-state index is -0.259. The van der Waals surface area contributed by atoms with Gasteiger partial charge in [-0.15, -0.1) is 0 Å². The van der Waals surface area contributed by atoms with Crippen LogP contribution in [0.25, 0.3) is 0 Å². The fourth-order valence-corrected chi connectivity index (χ4v) is 3.38. The molecular weight excluding hydrogens is 377 g/mol. The fraction of sp³-hybridized carbons (Fsp3) is 0.125. The van der Waals surface area contributed by atoms with E-state index in [0.717, 1.165) is 0 Å². The van der Waals surface area contributed by atoms with Gasteiger partial charge in [-0.3, -0.25) is 9.63 Å². The molecule has 0 N–H and O–H groups in total. The van der Waals surface area contributed by atoms with Crippen LogP contribution in [0.15, 0.2) is 24.3 Å². The van der Waals surface area contributed by atoms with Crippen molar-refractivity contribution in [3.63, 3.8) is 0 Å². The number of Topliss-reactive ketones (excluding diaryl/α,β-unsaturated/α-hetero) is 1. The summed E-state index contributed by atoms with van der Waals surface area (Å²) >= 11 is 18.4. The Morgan fingerprint density at radius 2 is 1.75 bits per heavy atom. The Hall–Kier alpha value is -1.95. The van der Waals surface area contributed by atoms with Gasteiger partial charge in [0, 0.05) is 10.8 Å². The number of nitrogens with zero attached hydrogens (tertiary/aromatic N) is 1. The van der Waals surface area contributed by atoms with E-state index >= 15 is 0 Å². The van der Waals surface area contributed by atoms with Crippen molar-refractivity contribution in [2.24, 2.45) is 0 Å². The minimum Gasteiger partial charge on any atom is -0.454 e. The number of ether oxygens (including phenoxy) is 2. The molecule has 2 aliphatic rings. The minimum absolute atomic E-state index is 0.120. The number of ketones is 1. The number of hydrogen-bond acceptors (Lipinski definition) is 4. The fourth-order valence-electron chi connectivity index (χ4n) is 2.75. The standard InChI is InChI=1S/C16H9Cl3NO4/c1-22-20-10-5-12-11(23-6-24-12)4-8(10)16(21)15(20)7-2-3-9(17)14(19)13(7)18/h2-5H,6H2,1H3/q+1. The molecule has 0 radical (unpaired) electrons. The quantitative estimate of drug-likeness (QED) is 0.572. The summed E-state index contributed by atoms with van der Waals surface area (Å²) in [6, 6.07) is 6.53. The molecule has 0 amide bonds. The number of rotatable bonds is 2. The Balaban J connectivity index is 1.95. The van der Waals surface area contributed by atoms with Gasteiger partial charge in [-0.1, -0.05) is 34.8 Å². The van der Waals surface area contributed by atoms with Gasteiger partial charge in [0.05, 0.1) is 26.7 Å². The van der Waals surface area contributed by atoms with E-state index in [1.807, 2.05) is 0 Å². The maximum absolute atomic E-state index is 12.9. The summed E-state index contributed by atoms with van der Waals surface area (Å²) in [6.45, 7) is 0.120. The Bertz CT molecular complexity index is 939. The van der Waals surface area contributed by atoms with Gasteiger partial charge in [0.15, 0.2) is 11.5 Å². The van der Waals surface area contributed by atoms with E-state index in [0.29, 0.717) is 33.3 Å². The second kappa shape index (κ2) is 5.55. The van der Waals surface area contributed by atoms with Gasteiger partial charge in [0.1, 0.15) is 12.7 Å². The normalized spacial score (nSPS) is 15.1. The summed E-state index contributed by atoms with van der Waals surface area (Å²) in [5.74, 6) is 0.801. The van der Waals surface area contributed by atoms with Gasteiger partial charge in [-0.05, 0) is 12.1 Å². The summed E-state index contributed by atoms with van der Waals surface area (Å²) in [4.78, 5) is 18.3. The van der Waals surface area contributed by atoms with Gasteiger partial charge < -0.3 is 9.47 Å². The first-order chi connectivity index (χ1) is 11.5. The van der Waals surface area contributed by atoms with Gasteiger partial charge in [-0.2, -0.15) is 0 Å². The zero-order valence-electron chi connectivity index (χ0n) is 12.2. The van der Waals surface area contributed by atoms with Crippen molar-refractivity contribution in [3.05, 3.63) is 50.5 Å². The molecule has 0 bridgehead atoms. The molecule has 5 nitrogen and oxygen atoms in total. The largest absolute Gasteiger partial charge is 0.454 e. The molecule has 0 aliphatic carbocycles. The van der Waals surface area contributed by atoms with Crippen LogP contribution in [0.3, 0.4) is 0 Å². The maximum Gasteiger partial charge on any atom is 0.314 e. The number of carbonyl (C=O) groups excluding carboxylic acids is 1. The monoisotopic (exact) mass is 384 g/mol. The van der Waals surface area contributed by atoms with Crippen LogP contribution < -0.4 is 9.47 Å². The Morgan fingerprint density at radius 3 is 2.46 bits per heavy atom. The Kier molecular flexibility index (Phi) is 3.60. The molecule has 4 rings (SSSR count). The van der Waals surface area contributed by atoms with Crippen molar-refractivity contribution < 1.29 is 23.8 Å². The number of hydrogen-bond donors (Lipinski definition) is 0. The molecule has 8 heteroatoms. The molecule has 0 saturated carbocycles. The number of halogens is 3. The van der Waals surface area contributed by atoms with Gasteiger partial charge in [0.25, 0.3) is 11.5 Å². The smallest absolute Gasteiger partial charge is 0.314 e. The topological polar surface area (TPSA) is 47.8 Å². The van der Waals surface area contributed by atoms with Crippen LogP contribution in [0, 0.1) is 0 Å². The predicted octanol–water partition coefficient (Wildman–Crippen LogP) is 4.27. The van der Waals surface area contributed by atoms with Crippen molar-refractivity contribution in [2.45, 2.75) is 0 Å². The first-order valence-corrected chi connectivity index (χ1v) is 7.99. The van der Waals surface area contributed by atoms with Crippen LogP contribution in [0.4, 0.5) is 5.69 Å². The van der Waals surface area contributed by atoms with Crippen LogP contribution in [0.1, 0.15) is 15.9 Å². The number of fused-ring (bicyclic) bond motifs is 2. The lowest BCUT2D eigenvalue weighted by molar-refractivity contribution is -0.717. The molecule has 0 unspecified atom stereocenters. The molecule has 0 spiro atoms. The van der Waals surface area contributed by atoms with Crippen LogP contribution in [0.5, 0.6) is 11.5 Å². The number of benzene rings is 2. The molecule has 2 aromatic rings. The Labute approximate surface area is 151 Å². The lowest BCUT2D eigenvalue weighted by atomic mass is 10.0. The molecule has 0 atom stereocenters. The van der Waals surface area contributed by atoms with Gasteiger partial charge in [-0.25, -0.2) is 0 Å². The third kappa shape index (κ3) is 2.09.